The lowest BCUT2D eigenvalue weighted by Gasteiger charge is -2.12. The number of aliphatic carboxylic acids is 2. The molecule has 20 heavy (non-hydrogen) atoms. The van der Waals surface area contributed by atoms with E-state index in [-0.39, 0.29) is 11.5 Å². The van der Waals surface area contributed by atoms with Gasteiger partial charge in [-0.2, -0.15) is 0 Å². The molecular formula is C14H13ClO5. The summed E-state index contributed by atoms with van der Waals surface area (Å²) >= 11 is 5.90. The molecule has 1 rings (SSSR count). The van der Waals surface area contributed by atoms with Crippen LogP contribution in [0.2, 0.25) is 0 Å². The van der Waals surface area contributed by atoms with Gasteiger partial charge in [-0.15, -0.1) is 0 Å². The number of carbonyl (C=O) groups is 3. The number of ketones is 1. The quantitative estimate of drug-likeness (QED) is 0.620. The van der Waals surface area contributed by atoms with E-state index in [9.17, 15) is 14.4 Å². The normalized spacial score (nSPS) is 12.8. The van der Waals surface area contributed by atoms with Gasteiger partial charge < -0.3 is 10.2 Å². The van der Waals surface area contributed by atoms with E-state index in [4.69, 9.17) is 21.8 Å². The standard InChI is InChI=1S/C14H13ClO5/c1-8(16)11(14(19)20)6-9-4-2-3-5-10(9)12(15)7-13(17)18/h2-5,7,11H,6H2,1H3,(H,17,18)(H,19,20)/b12-7+. The summed E-state index contributed by atoms with van der Waals surface area (Å²) in [7, 11) is 0. The Hall–Kier alpha value is -2.14. The van der Waals surface area contributed by atoms with E-state index >= 15 is 0 Å². The molecule has 2 N–H and O–H groups in total. The van der Waals surface area contributed by atoms with Crippen LogP contribution in [0.25, 0.3) is 5.03 Å². The Bertz CT molecular complexity index is 563. The number of halogens is 1. The molecule has 0 saturated carbocycles. The highest BCUT2D eigenvalue weighted by Crippen LogP contribution is 2.25. The van der Waals surface area contributed by atoms with Gasteiger partial charge >= 0.3 is 11.9 Å². The topological polar surface area (TPSA) is 91.7 Å². The van der Waals surface area contributed by atoms with Crippen LogP contribution in [0.4, 0.5) is 0 Å². The first-order valence-electron chi connectivity index (χ1n) is 5.74. The Balaban J connectivity index is 3.17. The van der Waals surface area contributed by atoms with E-state index in [0.29, 0.717) is 11.1 Å². The minimum absolute atomic E-state index is 0.0132. The second-order valence-electron chi connectivity index (χ2n) is 4.19. The summed E-state index contributed by atoms with van der Waals surface area (Å²) in [6.45, 7) is 1.20. The maximum Gasteiger partial charge on any atom is 0.329 e. The highest BCUT2D eigenvalue weighted by molar-refractivity contribution is 6.50. The van der Waals surface area contributed by atoms with Crippen LogP contribution >= 0.6 is 11.6 Å². The molecule has 0 saturated heterocycles. The fraction of sp³-hybridized carbons (Fsp3) is 0.214. The van der Waals surface area contributed by atoms with Gasteiger partial charge in [-0.25, -0.2) is 4.79 Å². The van der Waals surface area contributed by atoms with Gasteiger partial charge in [-0.1, -0.05) is 35.9 Å². The highest BCUT2D eigenvalue weighted by Gasteiger charge is 2.24. The molecular weight excluding hydrogens is 284 g/mol. The SMILES string of the molecule is CC(=O)C(Cc1ccccc1/C(Cl)=C\C(=O)O)C(=O)O. The van der Waals surface area contributed by atoms with Crippen molar-refractivity contribution in [1.29, 1.82) is 0 Å². The summed E-state index contributed by atoms with van der Waals surface area (Å²) in [6, 6.07) is 6.52. The minimum atomic E-state index is -1.22. The van der Waals surface area contributed by atoms with E-state index in [1.54, 1.807) is 24.3 Å². The van der Waals surface area contributed by atoms with E-state index in [1.807, 2.05) is 0 Å². The first-order chi connectivity index (χ1) is 9.32. The number of benzene rings is 1. The van der Waals surface area contributed by atoms with Crippen LogP contribution in [0.5, 0.6) is 0 Å². The number of hydrogen-bond donors (Lipinski definition) is 2. The van der Waals surface area contributed by atoms with E-state index < -0.39 is 23.6 Å². The Morgan fingerprint density at radius 2 is 1.85 bits per heavy atom. The molecule has 0 spiro atoms. The molecule has 1 aromatic rings. The average Bonchev–Trinajstić information content (AvgIpc) is 2.34. The third-order valence-corrected chi connectivity index (χ3v) is 3.05. The number of Topliss-reactive ketones (excluding diaryl/α,β-unsaturated/α-hetero) is 1. The summed E-state index contributed by atoms with van der Waals surface area (Å²) in [6.07, 6.45) is 0.786. The Morgan fingerprint density at radius 3 is 2.35 bits per heavy atom. The predicted molar refractivity (Wildman–Crippen MR) is 73.4 cm³/mol. The van der Waals surface area contributed by atoms with Crippen molar-refractivity contribution in [3.63, 3.8) is 0 Å². The van der Waals surface area contributed by atoms with Gasteiger partial charge in [0.1, 0.15) is 11.7 Å². The summed E-state index contributed by atoms with van der Waals surface area (Å²) in [5.74, 6) is -4.06. The summed E-state index contributed by atoms with van der Waals surface area (Å²) in [5.41, 5.74) is 0.918. The molecule has 0 heterocycles. The van der Waals surface area contributed by atoms with Crippen molar-refractivity contribution in [2.24, 2.45) is 5.92 Å². The van der Waals surface area contributed by atoms with Gasteiger partial charge in [-0.3, -0.25) is 9.59 Å². The zero-order chi connectivity index (χ0) is 15.3. The molecule has 5 nitrogen and oxygen atoms in total. The lowest BCUT2D eigenvalue weighted by molar-refractivity contribution is -0.145. The lowest BCUT2D eigenvalue weighted by atomic mass is 9.93. The van der Waals surface area contributed by atoms with Crippen LogP contribution in [0.1, 0.15) is 18.1 Å². The first kappa shape index (κ1) is 15.9. The number of carboxylic acids is 2. The maximum atomic E-state index is 11.3. The zero-order valence-corrected chi connectivity index (χ0v) is 11.4. The third kappa shape index (κ3) is 4.20. The molecule has 0 aliphatic carbocycles. The van der Waals surface area contributed by atoms with Crippen LogP contribution in [0.15, 0.2) is 30.3 Å². The van der Waals surface area contributed by atoms with Gasteiger partial charge in [0.15, 0.2) is 0 Å². The number of hydrogen-bond acceptors (Lipinski definition) is 3. The van der Waals surface area contributed by atoms with Crippen LogP contribution in [0, 0.1) is 5.92 Å². The molecule has 6 heteroatoms. The van der Waals surface area contributed by atoms with Crippen LogP contribution in [-0.4, -0.2) is 27.9 Å². The van der Waals surface area contributed by atoms with Crippen molar-refractivity contribution in [2.75, 3.05) is 0 Å². The number of carboxylic acid groups (broad SMARTS) is 2. The van der Waals surface area contributed by atoms with Gasteiger partial charge in [0, 0.05) is 6.08 Å². The molecule has 0 aromatic heterocycles. The molecule has 1 unspecified atom stereocenters. The predicted octanol–water partition coefficient (Wildman–Crippen LogP) is 2.18. The molecule has 1 aromatic carbocycles. The average molecular weight is 297 g/mol. The Morgan fingerprint density at radius 1 is 1.25 bits per heavy atom. The Labute approximate surface area is 120 Å². The van der Waals surface area contributed by atoms with Crippen molar-refractivity contribution >= 4 is 34.4 Å². The number of carbonyl (C=O) groups excluding carboxylic acids is 1. The van der Waals surface area contributed by atoms with Crippen LogP contribution < -0.4 is 0 Å². The maximum absolute atomic E-state index is 11.3. The molecule has 0 fully saturated rings. The summed E-state index contributed by atoms with van der Waals surface area (Å²) in [4.78, 5) is 33.0. The molecule has 1 atom stereocenters. The van der Waals surface area contributed by atoms with Crippen molar-refractivity contribution < 1.29 is 24.6 Å². The van der Waals surface area contributed by atoms with Crippen molar-refractivity contribution in [1.82, 2.24) is 0 Å². The van der Waals surface area contributed by atoms with Crippen molar-refractivity contribution in [3.05, 3.63) is 41.5 Å². The van der Waals surface area contributed by atoms with Crippen molar-refractivity contribution in [3.8, 4) is 0 Å². The fourth-order valence-electron chi connectivity index (χ4n) is 1.74. The monoisotopic (exact) mass is 296 g/mol. The molecule has 0 radical (unpaired) electrons. The van der Waals surface area contributed by atoms with Crippen LogP contribution in [0.3, 0.4) is 0 Å². The van der Waals surface area contributed by atoms with Crippen molar-refractivity contribution in [2.45, 2.75) is 13.3 Å². The smallest absolute Gasteiger partial charge is 0.329 e. The fourth-order valence-corrected chi connectivity index (χ4v) is 2.02. The summed E-state index contributed by atoms with van der Waals surface area (Å²) < 4.78 is 0. The van der Waals surface area contributed by atoms with Crippen LogP contribution in [-0.2, 0) is 20.8 Å². The Kier molecular flexibility index (Phi) is 5.46. The molecule has 0 amide bonds. The van der Waals surface area contributed by atoms with Gasteiger partial charge in [-0.05, 0) is 24.5 Å². The molecule has 106 valence electrons. The van der Waals surface area contributed by atoms with Gasteiger partial charge in [0.05, 0.1) is 5.03 Å². The largest absolute Gasteiger partial charge is 0.481 e. The third-order valence-electron chi connectivity index (χ3n) is 2.74. The van der Waals surface area contributed by atoms with Gasteiger partial charge in [0.2, 0.25) is 0 Å². The molecule has 0 aliphatic heterocycles. The highest BCUT2D eigenvalue weighted by atomic mass is 35.5. The molecule has 0 bridgehead atoms. The second kappa shape index (κ2) is 6.86. The van der Waals surface area contributed by atoms with E-state index in [1.165, 1.54) is 6.92 Å². The lowest BCUT2D eigenvalue weighted by Crippen LogP contribution is -2.24. The zero-order valence-electron chi connectivity index (χ0n) is 10.7. The van der Waals surface area contributed by atoms with E-state index in [2.05, 4.69) is 0 Å². The number of rotatable bonds is 6. The first-order valence-corrected chi connectivity index (χ1v) is 6.12. The molecule has 0 aliphatic rings. The minimum Gasteiger partial charge on any atom is -0.481 e. The second-order valence-corrected chi connectivity index (χ2v) is 4.60. The summed E-state index contributed by atoms with van der Waals surface area (Å²) in [5, 5.41) is 17.7. The van der Waals surface area contributed by atoms with Gasteiger partial charge in [0.25, 0.3) is 0 Å². The van der Waals surface area contributed by atoms with E-state index in [0.717, 1.165) is 6.08 Å².